The fraction of sp³-hybridized carbons (Fsp3) is 0.500. The lowest BCUT2D eigenvalue weighted by Gasteiger charge is -2.00. The number of amidine groups is 1. The van der Waals surface area contributed by atoms with Crippen molar-refractivity contribution in [2.24, 2.45) is 10.9 Å². The van der Waals surface area contributed by atoms with Gasteiger partial charge in [-0.15, -0.1) is 0 Å². The predicted molar refractivity (Wildman–Crippen MR) is 50.9 cm³/mol. The van der Waals surface area contributed by atoms with E-state index in [0.29, 0.717) is 13.0 Å². The van der Waals surface area contributed by atoms with Gasteiger partial charge in [-0.3, -0.25) is 0 Å². The molecule has 0 bridgehead atoms. The highest BCUT2D eigenvalue weighted by molar-refractivity contribution is 5.79. The summed E-state index contributed by atoms with van der Waals surface area (Å²) in [5.74, 6) is 0.258. The van der Waals surface area contributed by atoms with Crippen LogP contribution >= 0.6 is 0 Å². The van der Waals surface area contributed by atoms with Crippen molar-refractivity contribution in [1.82, 2.24) is 10.5 Å². The second kappa shape index (κ2) is 5.98. The zero-order valence-electron chi connectivity index (χ0n) is 7.81. The number of rotatable bonds is 6. The summed E-state index contributed by atoms with van der Waals surface area (Å²) in [6.45, 7) is 1.47. The fourth-order valence-electron chi connectivity index (χ4n) is 0.990. The van der Waals surface area contributed by atoms with Crippen molar-refractivity contribution < 1.29 is 9.73 Å². The summed E-state index contributed by atoms with van der Waals surface area (Å²) in [5, 5.41) is 18.0. The van der Waals surface area contributed by atoms with Gasteiger partial charge in [0.2, 0.25) is 0 Å². The van der Waals surface area contributed by atoms with Crippen molar-refractivity contribution in [3.63, 3.8) is 0 Å². The third-order valence-electron chi connectivity index (χ3n) is 1.71. The third kappa shape index (κ3) is 3.90. The minimum absolute atomic E-state index is 0.258. The molecule has 0 saturated carbocycles. The lowest BCUT2D eigenvalue weighted by Crippen LogP contribution is -2.18. The van der Waals surface area contributed by atoms with E-state index in [1.807, 2.05) is 0 Å². The Morgan fingerprint density at radius 1 is 1.71 bits per heavy atom. The van der Waals surface area contributed by atoms with E-state index in [1.54, 1.807) is 6.07 Å². The Labute approximate surface area is 81.8 Å². The Bertz CT molecular complexity index is 271. The van der Waals surface area contributed by atoms with Gasteiger partial charge in [0.1, 0.15) is 12.1 Å². The van der Waals surface area contributed by atoms with Crippen LogP contribution in [-0.2, 0) is 6.54 Å². The number of oxime groups is 1. The number of aromatic nitrogens is 1. The molecule has 14 heavy (non-hydrogen) atoms. The maximum absolute atomic E-state index is 8.26. The minimum atomic E-state index is 0.258. The van der Waals surface area contributed by atoms with Crippen molar-refractivity contribution in [1.29, 1.82) is 0 Å². The summed E-state index contributed by atoms with van der Waals surface area (Å²) < 4.78 is 4.66. The molecule has 6 nitrogen and oxygen atoms in total. The minimum Gasteiger partial charge on any atom is -0.409 e. The monoisotopic (exact) mass is 198 g/mol. The van der Waals surface area contributed by atoms with Crippen LogP contribution in [0.25, 0.3) is 0 Å². The molecular formula is C8H14N4O2. The smallest absolute Gasteiger partial charge is 0.139 e. The first-order valence-electron chi connectivity index (χ1n) is 4.39. The lowest BCUT2D eigenvalue weighted by atomic mass is 10.3. The van der Waals surface area contributed by atoms with E-state index in [-0.39, 0.29) is 5.84 Å². The van der Waals surface area contributed by atoms with Crippen LogP contribution in [0.4, 0.5) is 0 Å². The van der Waals surface area contributed by atoms with Crippen LogP contribution < -0.4 is 11.1 Å². The number of hydrogen-bond donors (Lipinski definition) is 3. The van der Waals surface area contributed by atoms with Crippen molar-refractivity contribution in [2.75, 3.05) is 6.54 Å². The molecule has 0 atom stereocenters. The van der Waals surface area contributed by atoms with Crippen LogP contribution in [0.3, 0.4) is 0 Å². The van der Waals surface area contributed by atoms with E-state index in [1.165, 1.54) is 6.26 Å². The van der Waals surface area contributed by atoms with Crippen LogP contribution in [0.1, 0.15) is 18.5 Å². The largest absolute Gasteiger partial charge is 0.409 e. The van der Waals surface area contributed by atoms with Gasteiger partial charge in [-0.2, -0.15) is 0 Å². The van der Waals surface area contributed by atoms with Gasteiger partial charge >= 0.3 is 0 Å². The first kappa shape index (κ1) is 10.5. The van der Waals surface area contributed by atoms with Crippen LogP contribution in [0.2, 0.25) is 0 Å². The first-order valence-corrected chi connectivity index (χ1v) is 4.39. The van der Waals surface area contributed by atoms with E-state index in [9.17, 15) is 0 Å². The second-order valence-electron chi connectivity index (χ2n) is 2.86. The van der Waals surface area contributed by atoms with E-state index in [2.05, 4.69) is 20.2 Å². The molecule has 0 aliphatic carbocycles. The van der Waals surface area contributed by atoms with Gasteiger partial charge in [0.05, 0.1) is 5.69 Å². The molecule has 0 fully saturated rings. The molecule has 0 radical (unpaired) electrons. The third-order valence-corrected chi connectivity index (χ3v) is 1.71. The Hall–Kier alpha value is -1.56. The van der Waals surface area contributed by atoms with Gasteiger partial charge in [-0.1, -0.05) is 10.3 Å². The van der Waals surface area contributed by atoms with Crippen molar-refractivity contribution in [3.05, 3.63) is 18.0 Å². The molecule has 0 aliphatic heterocycles. The summed E-state index contributed by atoms with van der Waals surface area (Å²) in [5.41, 5.74) is 6.16. The SMILES string of the molecule is N/C(CCCNCc1ccon1)=N/O. The molecule has 1 heterocycles. The van der Waals surface area contributed by atoms with Gasteiger partial charge in [-0.25, -0.2) is 0 Å². The first-order chi connectivity index (χ1) is 6.83. The zero-order valence-corrected chi connectivity index (χ0v) is 7.81. The molecule has 0 aliphatic rings. The molecule has 0 spiro atoms. The lowest BCUT2D eigenvalue weighted by molar-refractivity contribution is 0.316. The molecule has 4 N–H and O–H groups in total. The Kier molecular flexibility index (Phi) is 4.49. The molecule has 0 unspecified atom stereocenters. The molecule has 78 valence electrons. The average Bonchev–Trinajstić information content (AvgIpc) is 2.69. The van der Waals surface area contributed by atoms with E-state index >= 15 is 0 Å². The van der Waals surface area contributed by atoms with Crippen molar-refractivity contribution >= 4 is 5.84 Å². The number of nitrogens with zero attached hydrogens (tertiary/aromatic N) is 2. The standard InChI is InChI=1S/C8H14N4O2/c9-8(11-13)2-1-4-10-6-7-3-5-14-12-7/h3,5,10,13H,1-2,4,6H2,(H2,9,11). The summed E-state index contributed by atoms with van der Waals surface area (Å²) in [6, 6.07) is 1.80. The fourth-order valence-corrected chi connectivity index (χ4v) is 0.990. The highest BCUT2D eigenvalue weighted by Crippen LogP contribution is 1.93. The van der Waals surface area contributed by atoms with Crippen LogP contribution in [0.5, 0.6) is 0 Å². The molecule has 6 heteroatoms. The molecule has 1 aromatic heterocycles. The van der Waals surface area contributed by atoms with Gasteiger partial charge in [0, 0.05) is 19.0 Å². The van der Waals surface area contributed by atoms with Gasteiger partial charge in [0.15, 0.2) is 0 Å². The molecule has 1 rings (SSSR count). The van der Waals surface area contributed by atoms with Gasteiger partial charge < -0.3 is 20.8 Å². The average molecular weight is 198 g/mol. The highest BCUT2D eigenvalue weighted by atomic mass is 16.5. The Morgan fingerprint density at radius 3 is 3.21 bits per heavy atom. The normalized spacial score (nSPS) is 11.9. The summed E-state index contributed by atoms with van der Waals surface area (Å²) in [7, 11) is 0. The van der Waals surface area contributed by atoms with Gasteiger partial charge in [0.25, 0.3) is 0 Å². The Balaban J connectivity index is 2.00. The maximum atomic E-state index is 8.26. The maximum Gasteiger partial charge on any atom is 0.139 e. The van der Waals surface area contributed by atoms with Crippen molar-refractivity contribution in [2.45, 2.75) is 19.4 Å². The summed E-state index contributed by atoms with van der Waals surface area (Å²) in [6.07, 6.45) is 2.95. The quantitative estimate of drug-likeness (QED) is 0.201. The second-order valence-corrected chi connectivity index (χ2v) is 2.86. The van der Waals surface area contributed by atoms with Crippen LogP contribution in [0, 0.1) is 0 Å². The number of hydrogen-bond acceptors (Lipinski definition) is 5. The van der Waals surface area contributed by atoms with E-state index in [0.717, 1.165) is 18.7 Å². The van der Waals surface area contributed by atoms with Crippen LogP contribution in [0.15, 0.2) is 22.0 Å². The molecule has 0 aromatic carbocycles. The molecular weight excluding hydrogens is 184 g/mol. The topological polar surface area (TPSA) is 96.7 Å². The predicted octanol–water partition coefficient (Wildman–Crippen LogP) is 0.291. The Morgan fingerprint density at radius 2 is 2.57 bits per heavy atom. The molecule has 0 saturated heterocycles. The highest BCUT2D eigenvalue weighted by Gasteiger charge is 1.96. The number of nitrogens with one attached hydrogen (secondary N) is 1. The van der Waals surface area contributed by atoms with Gasteiger partial charge in [-0.05, 0) is 13.0 Å². The van der Waals surface area contributed by atoms with E-state index < -0.39 is 0 Å². The summed E-state index contributed by atoms with van der Waals surface area (Å²) in [4.78, 5) is 0. The van der Waals surface area contributed by atoms with Crippen LogP contribution in [-0.4, -0.2) is 22.7 Å². The number of nitrogens with two attached hydrogens (primary N) is 1. The zero-order chi connectivity index (χ0) is 10.2. The molecule has 0 amide bonds. The van der Waals surface area contributed by atoms with E-state index in [4.69, 9.17) is 10.9 Å². The molecule has 1 aromatic rings. The summed E-state index contributed by atoms with van der Waals surface area (Å²) >= 11 is 0. The van der Waals surface area contributed by atoms with Crippen molar-refractivity contribution in [3.8, 4) is 0 Å².